The van der Waals surface area contributed by atoms with Crippen LogP contribution in [-0.4, -0.2) is 23.2 Å². The van der Waals surface area contributed by atoms with Crippen molar-refractivity contribution in [1.82, 2.24) is 4.57 Å². The zero-order valence-electron chi connectivity index (χ0n) is 14.5. The number of esters is 1. The van der Waals surface area contributed by atoms with Gasteiger partial charge in [-0.15, -0.1) is 0 Å². The number of fused-ring (bicyclic) bond motifs is 1. The molecule has 3 aromatic rings. The molecule has 0 atom stereocenters. The number of rotatable bonds is 5. The van der Waals surface area contributed by atoms with Gasteiger partial charge in [-0.05, 0) is 69.3 Å². The minimum absolute atomic E-state index is 0.116. The smallest absolute Gasteiger partial charge is 0.355 e. The van der Waals surface area contributed by atoms with Crippen molar-refractivity contribution in [2.45, 2.75) is 26.9 Å². The molecule has 3 rings (SSSR count). The molecule has 0 saturated carbocycles. The molecule has 0 bridgehead atoms. The summed E-state index contributed by atoms with van der Waals surface area (Å²) in [6.07, 6.45) is 0.116. The highest BCUT2D eigenvalue weighted by atomic mass is 79.9. The highest BCUT2D eigenvalue weighted by molar-refractivity contribution is 9.10. The summed E-state index contributed by atoms with van der Waals surface area (Å²) < 4.78 is 13.8. The van der Waals surface area contributed by atoms with Crippen LogP contribution in [0.5, 0.6) is 5.75 Å². The molecular weight excluding hydrogens is 382 g/mol. The zero-order chi connectivity index (χ0) is 18.0. The molecule has 25 heavy (non-hydrogen) atoms. The summed E-state index contributed by atoms with van der Waals surface area (Å²) in [5.74, 6) is 0.466. The van der Waals surface area contributed by atoms with Gasteiger partial charge in [-0.25, -0.2) is 4.79 Å². The molecule has 0 saturated heterocycles. The number of halogens is 1. The molecule has 1 aromatic heterocycles. The molecule has 5 heteroatoms. The van der Waals surface area contributed by atoms with Gasteiger partial charge < -0.3 is 14.0 Å². The number of ether oxygens (including phenoxy) is 2. The van der Waals surface area contributed by atoms with E-state index < -0.39 is 0 Å². The lowest BCUT2D eigenvalue weighted by molar-refractivity contribution is 0.0517. The lowest BCUT2D eigenvalue weighted by atomic mass is 10.2. The Kier molecular flexibility index (Phi) is 5.13. The molecule has 2 aromatic carbocycles. The number of hydrogen-bond acceptors (Lipinski definition) is 3. The van der Waals surface area contributed by atoms with Crippen LogP contribution in [0.3, 0.4) is 0 Å². The monoisotopic (exact) mass is 401 g/mol. The van der Waals surface area contributed by atoms with E-state index in [9.17, 15) is 4.79 Å². The van der Waals surface area contributed by atoms with Crippen molar-refractivity contribution in [3.8, 4) is 11.4 Å². The summed E-state index contributed by atoms with van der Waals surface area (Å²) in [5.41, 5.74) is 2.34. The molecule has 0 aliphatic carbocycles. The highest BCUT2D eigenvalue weighted by Crippen LogP contribution is 2.28. The summed E-state index contributed by atoms with van der Waals surface area (Å²) in [7, 11) is 0. The van der Waals surface area contributed by atoms with Crippen LogP contribution < -0.4 is 4.74 Å². The van der Waals surface area contributed by atoms with Crippen LogP contribution in [-0.2, 0) is 4.74 Å². The van der Waals surface area contributed by atoms with Gasteiger partial charge in [0.25, 0.3) is 0 Å². The Morgan fingerprint density at radius 2 is 1.84 bits per heavy atom. The van der Waals surface area contributed by atoms with Crippen molar-refractivity contribution in [2.24, 2.45) is 0 Å². The van der Waals surface area contributed by atoms with Gasteiger partial charge in [-0.3, -0.25) is 0 Å². The van der Waals surface area contributed by atoms with Crippen molar-refractivity contribution in [2.75, 3.05) is 6.61 Å². The van der Waals surface area contributed by atoms with Gasteiger partial charge >= 0.3 is 5.97 Å². The second kappa shape index (κ2) is 7.31. The van der Waals surface area contributed by atoms with Gasteiger partial charge in [0.1, 0.15) is 11.4 Å². The highest BCUT2D eigenvalue weighted by Gasteiger charge is 2.18. The lowest BCUT2D eigenvalue weighted by Gasteiger charge is -2.13. The average Bonchev–Trinajstić information content (AvgIpc) is 2.94. The van der Waals surface area contributed by atoms with Crippen molar-refractivity contribution < 1.29 is 14.3 Å². The maximum absolute atomic E-state index is 12.4. The van der Waals surface area contributed by atoms with E-state index in [4.69, 9.17) is 9.47 Å². The number of carbonyl (C=O) groups excluding carboxylic acids is 1. The van der Waals surface area contributed by atoms with E-state index in [1.54, 1.807) is 6.92 Å². The SMILES string of the molecule is CCOC(=O)c1cc2cc(Br)ccc2n1-c1ccc(OC(C)C)cc1. The van der Waals surface area contributed by atoms with E-state index in [0.29, 0.717) is 12.3 Å². The number of carbonyl (C=O) groups is 1. The zero-order valence-corrected chi connectivity index (χ0v) is 16.0. The Balaban J connectivity index is 2.12. The Morgan fingerprint density at radius 1 is 1.12 bits per heavy atom. The molecule has 1 heterocycles. The molecular formula is C20H20BrNO3. The molecule has 0 spiro atoms. The largest absolute Gasteiger partial charge is 0.491 e. The molecule has 0 unspecified atom stereocenters. The van der Waals surface area contributed by atoms with Gasteiger partial charge in [-0.1, -0.05) is 15.9 Å². The second-order valence-corrected chi connectivity index (χ2v) is 6.86. The van der Waals surface area contributed by atoms with E-state index in [1.165, 1.54) is 0 Å². The van der Waals surface area contributed by atoms with Gasteiger partial charge in [0.15, 0.2) is 0 Å². The third kappa shape index (κ3) is 3.71. The third-order valence-electron chi connectivity index (χ3n) is 3.71. The Morgan fingerprint density at radius 3 is 2.48 bits per heavy atom. The Labute approximate surface area is 155 Å². The number of benzene rings is 2. The first kappa shape index (κ1) is 17.5. The molecule has 4 nitrogen and oxygen atoms in total. The van der Waals surface area contributed by atoms with Crippen LogP contribution in [0.4, 0.5) is 0 Å². The maximum atomic E-state index is 12.4. The van der Waals surface area contributed by atoms with Crippen LogP contribution in [0.2, 0.25) is 0 Å². The lowest BCUT2D eigenvalue weighted by Crippen LogP contribution is -2.11. The van der Waals surface area contributed by atoms with Crippen LogP contribution in [0.25, 0.3) is 16.6 Å². The van der Waals surface area contributed by atoms with E-state index in [1.807, 2.05) is 66.9 Å². The summed E-state index contributed by atoms with van der Waals surface area (Å²) in [5, 5.41) is 0.972. The summed E-state index contributed by atoms with van der Waals surface area (Å²) in [6, 6.07) is 15.5. The van der Waals surface area contributed by atoms with Crippen molar-refractivity contribution >= 4 is 32.8 Å². The normalized spacial score (nSPS) is 11.1. The topological polar surface area (TPSA) is 40.5 Å². The standard InChI is InChI=1S/C20H20BrNO3/c1-4-24-20(23)19-12-14-11-15(21)5-10-18(14)22(19)16-6-8-17(9-7-16)25-13(2)3/h5-13H,4H2,1-3H3. The van der Waals surface area contributed by atoms with Crippen molar-refractivity contribution in [3.05, 3.63) is 58.7 Å². The quantitative estimate of drug-likeness (QED) is 0.540. The fourth-order valence-corrected chi connectivity index (χ4v) is 3.14. The Hall–Kier alpha value is -2.27. The first-order valence-corrected chi connectivity index (χ1v) is 9.04. The summed E-state index contributed by atoms with van der Waals surface area (Å²) in [6.45, 7) is 6.12. The molecule has 0 aliphatic rings. The second-order valence-electron chi connectivity index (χ2n) is 5.95. The molecule has 0 radical (unpaired) electrons. The van der Waals surface area contributed by atoms with Gasteiger partial charge in [0.05, 0.1) is 18.2 Å². The predicted molar refractivity (Wildman–Crippen MR) is 103 cm³/mol. The maximum Gasteiger partial charge on any atom is 0.355 e. The number of hydrogen-bond donors (Lipinski definition) is 0. The molecule has 0 amide bonds. The van der Waals surface area contributed by atoms with Crippen LogP contribution in [0.15, 0.2) is 53.0 Å². The van der Waals surface area contributed by atoms with Gasteiger partial charge in [0, 0.05) is 15.5 Å². The third-order valence-corrected chi connectivity index (χ3v) is 4.21. The van der Waals surface area contributed by atoms with Crippen LogP contribution in [0.1, 0.15) is 31.3 Å². The summed E-state index contributed by atoms with van der Waals surface area (Å²) >= 11 is 3.48. The molecule has 0 aliphatic heterocycles. The molecule has 0 N–H and O–H groups in total. The minimum atomic E-state index is -0.336. The van der Waals surface area contributed by atoms with Gasteiger partial charge in [-0.2, -0.15) is 0 Å². The first-order chi connectivity index (χ1) is 12.0. The van der Waals surface area contributed by atoms with Gasteiger partial charge in [0.2, 0.25) is 0 Å². The van der Waals surface area contributed by atoms with E-state index in [0.717, 1.165) is 26.8 Å². The van der Waals surface area contributed by atoms with E-state index in [-0.39, 0.29) is 12.1 Å². The minimum Gasteiger partial charge on any atom is -0.491 e. The first-order valence-electron chi connectivity index (χ1n) is 8.25. The van der Waals surface area contributed by atoms with Crippen molar-refractivity contribution in [1.29, 1.82) is 0 Å². The van der Waals surface area contributed by atoms with Crippen molar-refractivity contribution in [3.63, 3.8) is 0 Å². The fourth-order valence-electron chi connectivity index (χ4n) is 2.77. The fraction of sp³-hybridized carbons (Fsp3) is 0.250. The number of aromatic nitrogens is 1. The number of nitrogens with zero attached hydrogens (tertiary/aromatic N) is 1. The van der Waals surface area contributed by atoms with E-state index >= 15 is 0 Å². The predicted octanol–water partition coefficient (Wildman–Crippen LogP) is 5.36. The average molecular weight is 402 g/mol. The summed E-state index contributed by atoms with van der Waals surface area (Å²) in [4.78, 5) is 12.4. The molecule has 0 fully saturated rings. The van der Waals surface area contributed by atoms with Crippen LogP contribution >= 0.6 is 15.9 Å². The molecule has 130 valence electrons. The van der Waals surface area contributed by atoms with E-state index in [2.05, 4.69) is 15.9 Å². The van der Waals surface area contributed by atoms with Crippen LogP contribution in [0, 0.1) is 0 Å². The Bertz CT molecular complexity index is 897.